The third-order valence-corrected chi connectivity index (χ3v) is 4.22. The summed E-state index contributed by atoms with van der Waals surface area (Å²) >= 11 is 0. The van der Waals surface area contributed by atoms with Gasteiger partial charge >= 0.3 is 11.9 Å². The number of nitrogens with one attached hydrogen (secondary N) is 1. The number of methoxy groups -OCH3 is 2. The highest BCUT2D eigenvalue weighted by molar-refractivity contribution is 5.99. The second kappa shape index (κ2) is 7.25. The smallest absolute Gasteiger partial charge is 0.336 e. The molecule has 1 atom stereocenters. The van der Waals surface area contributed by atoms with E-state index in [-0.39, 0.29) is 11.1 Å². The van der Waals surface area contributed by atoms with Gasteiger partial charge in [-0.15, -0.1) is 0 Å². The second-order valence-electron chi connectivity index (χ2n) is 5.63. The number of allylic oxidation sites excluding steroid dienone is 2. The number of carbonyl (C=O) groups excluding carboxylic acids is 1. The van der Waals surface area contributed by atoms with Crippen LogP contribution in [-0.4, -0.2) is 31.3 Å². The Morgan fingerprint density at radius 3 is 2.36 bits per heavy atom. The zero-order valence-electron chi connectivity index (χ0n) is 14.7. The molecule has 0 saturated heterocycles. The minimum Gasteiger partial charge on any atom is -0.497 e. The summed E-state index contributed by atoms with van der Waals surface area (Å²) in [6.07, 6.45) is 1.62. The molecule has 0 radical (unpaired) electrons. The number of carboxylic acid groups (broad SMARTS) is 1. The molecular weight excluding hydrogens is 322 g/mol. The van der Waals surface area contributed by atoms with Crippen molar-refractivity contribution >= 4 is 18.0 Å². The number of ether oxygens (including phenoxy) is 2. The van der Waals surface area contributed by atoms with E-state index in [2.05, 4.69) is 11.9 Å². The van der Waals surface area contributed by atoms with Crippen molar-refractivity contribution < 1.29 is 24.2 Å². The summed E-state index contributed by atoms with van der Waals surface area (Å²) in [4.78, 5) is 24.3. The normalized spacial score (nSPS) is 17.0. The first-order chi connectivity index (χ1) is 11.8. The molecule has 6 heteroatoms. The van der Waals surface area contributed by atoms with E-state index in [0.717, 1.165) is 0 Å². The fraction of sp³-hybridized carbons (Fsp3) is 0.263. The average Bonchev–Trinajstić information content (AvgIpc) is 2.59. The van der Waals surface area contributed by atoms with E-state index in [0.29, 0.717) is 28.3 Å². The summed E-state index contributed by atoms with van der Waals surface area (Å²) in [6.45, 7) is 7.17. The van der Waals surface area contributed by atoms with Gasteiger partial charge in [0.2, 0.25) is 0 Å². The summed E-state index contributed by atoms with van der Waals surface area (Å²) in [6, 6.07) is 5.26. The Morgan fingerprint density at radius 2 is 1.84 bits per heavy atom. The third kappa shape index (κ3) is 3.28. The van der Waals surface area contributed by atoms with Gasteiger partial charge in [-0.3, -0.25) is 0 Å². The number of hydrogen-bond acceptors (Lipinski definition) is 5. The molecule has 25 heavy (non-hydrogen) atoms. The number of esters is 1. The minimum absolute atomic E-state index is 0.0855. The van der Waals surface area contributed by atoms with Crippen LogP contribution in [0.15, 0.2) is 47.3 Å². The highest BCUT2D eigenvalue weighted by atomic mass is 16.5. The van der Waals surface area contributed by atoms with Crippen molar-refractivity contribution in [3.63, 3.8) is 0 Å². The number of carboxylic acids is 1. The first kappa shape index (κ1) is 18.3. The fourth-order valence-corrected chi connectivity index (χ4v) is 3.08. The lowest BCUT2D eigenvalue weighted by Gasteiger charge is -2.30. The van der Waals surface area contributed by atoms with Crippen LogP contribution in [-0.2, 0) is 14.3 Å². The molecule has 1 aromatic carbocycles. The Labute approximate surface area is 146 Å². The molecule has 0 amide bonds. The predicted octanol–water partition coefficient (Wildman–Crippen LogP) is 2.83. The Morgan fingerprint density at radius 1 is 1.20 bits per heavy atom. The van der Waals surface area contributed by atoms with E-state index in [1.807, 2.05) is 0 Å². The van der Waals surface area contributed by atoms with E-state index in [4.69, 9.17) is 9.47 Å². The molecule has 2 N–H and O–H groups in total. The molecule has 0 saturated carbocycles. The maximum Gasteiger partial charge on any atom is 0.336 e. The second-order valence-corrected chi connectivity index (χ2v) is 5.63. The Kier molecular flexibility index (Phi) is 5.32. The first-order valence-corrected chi connectivity index (χ1v) is 7.66. The highest BCUT2D eigenvalue weighted by Crippen LogP contribution is 2.41. The lowest BCUT2D eigenvalue weighted by atomic mass is 9.78. The van der Waals surface area contributed by atoms with Crippen LogP contribution in [0.5, 0.6) is 5.75 Å². The van der Waals surface area contributed by atoms with Crippen LogP contribution in [0.25, 0.3) is 6.08 Å². The number of hydrogen-bond donors (Lipinski definition) is 2. The fourth-order valence-electron chi connectivity index (χ4n) is 3.08. The maximum atomic E-state index is 12.4. The molecule has 1 aromatic rings. The quantitative estimate of drug-likeness (QED) is 0.800. The molecule has 0 spiro atoms. The molecule has 0 aromatic heterocycles. The van der Waals surface area contributed by atoms with Gasteiger partial charge in [-0.1, -0.05) is 18.7 Å². The van der Waals surface area contributed by atoms with Crippen LogP contribution >= 0.6 is 0 Å². The van der Waals surface area contributed by atoms with Crippen LogP contribution in [0.1, 0.15) is 30.9 Å². The number of dihydropyridines is 1. The van der Waals surface area contributed by atoms with Crippen LogP contribution in [0.2, 0.25) is 0 Å². The Hall–Kier alpha value is -3.02. The summed E-state index contributed by atoms with van der Waals surface area (Å²) in [5.74, 6) is -1.93. The lowest BCUT2D eigenvalue weighted by Crippen LogP contribution is -2.31. The van der Waals surface area contributed by atoms with Crippen LogP contribution in [0.4, 0.5) is 0 Å². The standard InChI is InChI=1S/C19H21NO5/c1-6-12-7-8-13(24-4)9-14(12)17-15(18(21)22)10(2)20-11(3)16(17)19(23)25-5/h6-9,17,20H,1H2,2-5H3,(H,21,22). The van der Waals surface area contributed by atoms with Gasteiger partial charge in [-0.25, -0.2) is 9.59 Å². The summed E-state index contributed by atoms with van der Waals surface area (Å²) in [7, 11) is 2.79. The van der Waals surface area contributed by atoms with Crippen molar-refractivity contribution in [1.82, 2.24) is 5.32 Å². The lowest BCUT2D eigenvalue weighted by molar-refractivity contribution is -0.136. The highest BCUT2D eigenvalue weighted by Gasteiger charge is 2.38. The molecular formula is C19H21NO5. The Balaban J connectivity index is 2.82. The van der Waals surface area contributed by atoms with Crippen LogP contribution < -0.4 is 10.1 Å². The van der Waals surface area contributed by atoms with E-state index in [1.54, 1.807) is 38.1 Å². The summed E-state index contributed by atoms with van der Waals surface area (Å²) in [5, 5.41) is 12.7. The maximum absolute atomic E-state index is 12.4. The molecule has 0 aliphatic carbocycles. The van der Waals surface area contributed by atoms with Gasteiger partial charge in [0.15, 0.2) is 0 Å². The van der Waals surface area contributed by atoms with Crippen LogP contribution in [0, 0.1) is 0 Å². The largest absolute Gasteiger partial charge is 0.497 e. The molecule has 6 nitrogen and oxygen atoms in total. The molecule has 0 fully saturated rings. The number of carbonyl (C=O) groups is 2. The van der Waals surface area contributed by atoms with Gasteiger partial charge in [0.05, 0.1) is 31.3 Å². The molecule has 132 valence electrons. The zero-order chi connectivity index (χ0) is 18.7. The van der Waals surface area contributed by atoms with Crippen molar-refractivity contribution in [3.8, 4) is 5.75 Å². The molecule has 1 aliphatic rings. The van der Waals surface area contributed by atoms with Gasteiger partial charge in [0, 0.05) is 11.4 Å². The predicted molar refractivity (Wildman–Crippen MR) is 94.0 cm³/mol. The molecule has 1 aliphatic heterocycles. The van der Waals surface area contributed by atoms with Crippen molar-refractivity contribution in [2.75, 3.05) is 14.2 Å². The molecule has 1 unspecified atom stereocenters. The van der Waals surface area contributed by atoms with Crippen molar-refractivity contribution in [2.24, 2.45) is 0 Å². The van der Waals surface area contributed by atoms with Gasteiger partial charge in [0.25, 0.3) is 0 Å². The van der Waals surface area contributed by atoms with E-state index in [1.165, 1.54) is 14.2 Å². The monoisotopic (exact) mass is 343 g/mol. The van der Waals surface area contributed by atoms with Crippen molar-refractivity contribution in [3.05, 3.63) is 58.4 Å². The van der Waals surface area contributed by atoms with Crippen molar-refractivity contribution in [1.29, 1.82) is 0 Å². The van der Waals surface area contributed by atoms with Crippen LogP contribution in [0.3, 0.4) is 0 Å². The Bertz CT molecular complexity index is 804. The summed E-state index contributed by atoms with van der Waals surface area (Å²) < 4.78 is 10.2. The number of benzene rings is 1. The topological polar surface area (TPSA) is 84.9 Å². The molecule has 0 bridgehead atoms. The van der Waals surface area contributed by atoms with Gasteiger partial charge in [0.1, 0.15) is 5.75 Å². The summed E-state index contributed by atoms with van der Waals surface area (Å²) in [5.41, 5.74) is 2.70. The molecule has 2 rings (SSSR count). The minimum atomic E-state index is -1.11. The van der Waals surface area contributed by atoms with E-state index < -0.39 is 17.9 Å². The van der Waals surface area contributed by atoms with E-state index in [9.17, 15) is 14.7 Å². The van der Waals surface area contributed by atoms with Gasteiger partial charge in [-0.05, 0) is 37.1 Å². The third-order valence-electron chi connectivity index (χ3n) is 4.22. The number of rotatable bonds is 5. The van der Waals surface area contributed by atoms with Gasteiger partial charge < -0.3 is 19.9 Å². The first-order valence-electron chi connectivity index (χ1n) is 7.66. The average molecular weight is 343 g/mol. The van der Waals surface area contributed by atoms with Crippen molar-refractivity contribution in [2.45, 2.75) is 19.8 Å². The van der Waals surface area contributed by atoms with Gasteiger partial charge in [-0.2, -0.15) is 0 Å². The van der Waals surface area contributed by atoms with E-state index >= 15 is 0 Å². The SMILES string of the molecule is C=Cc1ccc(OC)cc1C1C(C(=O)O)=C(C)NC(C)=C1C(=O)OC. The number of aliphatic carboxylic acids is 1. The zero-order valence-corrected chi connectivity index (χ0v) is 14.7. The molecule has 1 heterocycles.